The minimum atomic E-state index is 0.579. The number of nitrogens with one attached hydrogen (secondary N) is 2. The molecule has 0 radical (unpaired) electrons. The highest BCUT2D eigenvalue weighted by Gasteiger charge is 2.15. The third kappa shape index (κ3) is 6.18. The van der Waals surface area contributed by atoms with E-state index >= 15 is 0 Å². The molecule has 0 amide bonds. The van der Waals surface area contributed by atoms with Gasteiger partial charge in [0.15, 0.2) is 11.6 Å². The van der Waals surface area contributed by atoms with E-state index in [-0.39, 0.29) is 0 Å². The van der Waals surface area contributed by atoms with E-state index in [1.165, 1.54) is 0 Å². The molecular formula is C19H30N6O2. The maximum Gasteiger partial charge on any atom is 0.190 e. The minimum Gasteiger partial charge on any atom is -0.381 e. The third-order valence-corrected chi connectivity index (χ3v) is 4.61. The SMILES string of the molecule is CN=C(NCCCOCC1CCOC1)NCCCc1nnc2ccccn12. The van der Waals surface area contributed by atoms with E-state index in [1.54, 1.807) is 7.05 Å². The van der Waals surface area contributed by atoms with Crippen molar-refractivity contribution in [3.63, 3.8) is 0 Å². The molecule has 0 aliphatic carbocycles. The zero-order valence-electron chi connectivity index (χ0n) is 16.1. The van der Waals surface area contributed by atoms with Crippen LogP contribution in [0, 0.1) is 5.92 Å². The summed E-state index contributed by atoms with van der Waals surface area (Å²) < 4.78 is 13.1. The zero-order valence-corrected chi connectivity index (χ0v) is 16.1. The molecule has 148 valence electrons. The first kappa shape index (κ1) is 19.6. The predicted molar refractivity (Wildman–Crippen MR) is 105 cm³/mol. The molecule has 1 fully saturated rings. The molecule has 1 aliphatic rings. The van der Waals surface area contributed by atoms with Crippen LogP contribution in [0.4, 0.5) is 0 Å². The van der Waals surface area contributed by atoms with Crippen molar-refractivity contribution in [3.8, 4) is 0 Å². The van der Waals surface area contributed by atoms with Crippen LogP contribution in [-0.4, -0.2) is 67.1 Å². The van der Waals surface area contributed by atoms with Crippen LogP contribution in [0.2, 0.25) is 0 Å². The molecule has 2 aromatic rings. The summed E-state index contributed by atoms with van der Waals surface area (Å²) in [5, 5.41) is 15.1. The number of guanidine groups is 1. The average Bonchev–Trinajstić information content (AvgIpc) is 3.36. The lowest BCUT2D eigenvalue weighted by molar-refractivity contribution is 0.0888. The monoisotopic (exact) mass is 374 g/mol. The van der Waals surface area contributed by atoms with Crippen molar-refractivity contribution in [2.45, 2.75) is 25.7 Å². The number of pyridine rings is 1. The Kier molecular flexibility index (Phi) is 7.85. The molecule has 1 atom stereocenters. The molecule has 1 saturated heterocycles. The fraction of sp³-hybridized carbons (Fsp3) is 0.632. The van der Waals surface area contributed by atoms with Gasteiger partial charge in [0.05, 0.1) is 13.2 Å². The Balaban J connectivity index is 1.24. The van der Waals surface area contributed by atoms with E-state index in [0.717, 1.165) is 82.6 Å². The molecule has 0 saturated carbocycles. The normalized spacial score (nSPS) is 17.5. The van der Waals surface area contributed by atoms with Crippen molar-refractivity contribution < 1.29 is 9.47 Å². The number of rotatable bonds is 10. The number of aromatic nitrogens is 3. The molecule has 0 aromatic carbocycles. The molecular weight excluding hydrogens is 344 g/mol. The van der Waals surface area contributed by atoms with Gasteiger partial charge in [-0.1, -0.05) is 6.07 Å². The molecule has 8 heteroatoms. The standard InChI is InChI=1S/C19H30N6O2/c1-20-19(22-10-5-12-26-14-16-8-13-27-15-16)21-9-4-7-18-24-23-17-6-2-3-11-25(17)18/h2-3,6,11,16H,4-5,7-10,12-15H2,1H3,(H2,20,21,22). The van der Waals surface area contributed by atoms with Gasteiger partial charge in [-0.3, -0.25) is 9.39 Å². The molecule has 0 bridgehead atoms. The van der Waals surface area contributed by atoms with E-state index in [0.29, 0.717) is 5.92 Å². The highest BCUT2D eigenvalue weighted by Crippen LogP contribution is 2.12. The quantitative estimate of drug-likeness (QED) is 0.370. The summed E-state index contributed by atoms with van der Waals surface area (Å²) >= 11 is 0. The summed E-state index contributed by atoms with van der Waals surface area (Å²) in [6, 6.07) is 5.93. The first-order valence-electron chi connectivity index (χ1n) is 9.75. The van der Waals surface area contributed by atoms with Crippen LogP contribution in [0.5, 0.6) is 0 Å². The van der Waals surface area contributed by atoms with E-state index in [9.17, 15) is 0 Å². The van der Waals surface area contributed by atoms with Crippen molar-refractivity contribution in [3.05, 3.63) is 30.2 Å². The predicted octanol–water partition coefficient (Wildman–Crippen LogP) is 1.27. The molecule has 8 nitrogen and oxygen atoms in total. The summed E-state index contributed by atoms with van der Waals surface area (Å²) in [5.74, 6) is 2.39. The van der Waals surface area contributed by atoms with Crippen LogP contribution >= 0.6 is 0 Å². The van der Waals surface area contributed by atoms with Crippen LogP contribution in [-0.2, 0) is 15.9 Å². The number of hydrogen-bond acceptors (Lipinski definition) is 5. The first-order valence-corrected chi connectivity index (χ1v) is 9.75. The topological polar surface area (TPSA) is 85.1 Å². The van der Waals surface area contributed by atoms with Crippen molar-refractivity contribution in [1.82, 2.24) is 25.2 Å². The van der Waals surface area contributed by atoms with Gasteiger partial charge in [-0.05, 0) is 31.4 Å². The maximum atomic E-state index is 5.71. The minimum absolute atomic E-state index is 0.579. The largest absolute Gasteiger partial charge is 0.381 e. The summed E-state index contributed by atoms with van der Waals surface area (Å²) in [5.41, 5.74) is 0.889. The molecule has 27 heavy (non-hydrogen) atoms. The number of fused-ring (bicyclic) bond motifs is 1. The molecule has 2 aromatic heterocycles. The summed E-state index contributed by atoms with van der Waals surface area (Å²) in [7, 11) is 1.79. The number of aliphatic imine (C=N–C) groups is 1. The molecule has 2 N–H and O–H groups in total. The lowest BCUT2D eigenvalue weighted by Crippen LogP contribution is -2.38. The van der Waals surface area contributed by atoms with E-state index in [2.05, 4.69) is 25.8 Å². The van der Waals surface area contributed by atoms with Gasteiger partial charge in [-0.2, -0.15) is 0 Å². The van der Waals surface area contributed by atoms with Gasteiger partial charge in [0.1, 0.15) is 5.82 Å². The molecule has 0 spiro atoms. The van der Waals surface area contributed by atoms with Gasteiger partial charge < -0.3 is 20.1 Å². The van der Waals surface area contributed by atoms with Gasteiger partial charge >= 0.3 is 0 Å². The van der Waals surface area contributed by atoms with E-state index in [4.69, 9.17) is 9.47 Å². The Labute approximate surface area is 160 Å². The number of hydrogen-bond donors (Lipinski definition) is 2. The fourth-order valence-corrected chi connectivity index (χ4v) is 3.08. The lowest BCUT2D eigenvalue weighted by atomic mass is 10.1. The van der Waals surface area contributed by atoms with E-state index in [1.807, 2.05) is 28.8 Å². The number of ether oxygens (including phenoxy) is 2. The Hall–Kier alpha value is -2.19. The van der Waals surface area contributed by atoms with Crippen LogP contribution < -0.4 is 10.6 Å². The Bertz CT molecular complexity index is 711. The zero-order chi connectivity index (χ0) is 18.7. The van der Waals surface area contributed by atoms with Crippen molar-refractivity contribution >= 4 is 11.6 Å². The van der Waals surface area contributed by atoms with E-state index < -0.39 is 0 Å². The smallest absolute Gasteiger partial charge is 0.190 e. The van der Waals surface area contributed by atoms with Crippen molar-refractivity contribution in [1.29, 1.82) is 0 Å². The van der Waals surface area contributed by atoms with Gasteiger partial charge in [0.25, 0.3) is 0 Å². The fourth-order valence-electron chi connectivity index (χ4n) is 3.08. The Morgan fingerprint density at radius 1 is 1.30 bits per heavy atom. The van der Waals surface area contributed by atoms with Gasteiger partial charge in [-0.15, -0.1) is 10.2 Å². The van der Waals surface area contributed by atoms with Crippen LogP contribution in [0.3, 0.4) is 0 Å². The number of nitrogens with zero attached hydrogens (tertiary/aromatic N) is 4. The van der Waals surface area contributed by atoms with Gasteiger partial charge in [-0.25, -0.2) is 0 Å². The molecule has 1 unspecified atom stereocenters. The highest BCUT2D eigenvalue weighted by atomic mass is 16.5. The average molecular weight is 374 g/mol. The summed E-state index contributed by atoms with van der Waals surface area (Å²) in [4.78, 5) is 4.26. The second kappa shape index (κ2) is 10.8. The molecule has 1 aliphatic heterocycles. The second-order valence-corrected chi connectivity index (χ2v) is 6.73. The molecule has 3 rings (SSSR count). The summed E-state index contributed by atoms with van der Waals surface area (Å²) in [6.45, 7) is 4.98. The van der Waals surface area contributed by atoms with Crippen molar-refractivity contribution in [2.24, 2.45) is 10.9 Å². The van der Waals surface area contributed by atoms with Crippen LogP contribution in [0.15, 0.2) is 29.4 Å². The Morgan fingerprint density at radius 2 is 2.19 bits per heavy atom. The van der Waals surface area contributed by atoms with Crippen LogP contribution in [0.1, 0.15) is 25.1 Å². The Morgan fingerprint density at radius 3 is 3.00 bits per heavy atom. The number of aryl methyl sites for hydroxylation is 1. The maximum absolute atomic E-state index is 5.71. The van der Waals surface area contributed by atoms with Crippen molar-refractivity contribution in [2.75, 3.05) is 46.6 Å². The van der Waals surface area contributed by atoms with Gasteiger partial charge in [0.2, 0.25) is 0 Å². The second-order valence-electron chi connectivity index (χ2n) is 6.73. The highest BCUT2D eigenvalue weighted by molar-refractivity contribution is 5.79. The molecule has 3 heterocycles. The first-order chi connectivity index (χ1) is 13.4. The van der Waals surface area contributed by atoms with Gasteiger partial charge in [0, 0.05) is 51.9 Å². The lowest BCUT2D eigenvalue weighted by Gasteiger charge is -2.12. The van der Waals surface area contributed by atoms with Crippen LogP contribution in [0.25, 0.3) is 5.65 Å². The third-order valence-electron chi connectivity index (χ3n) is 4.61. The summed E-state index contributed by atoms with van der Waals surface area (Å²) in [6.07, 6.45) is 5.91.